The first-order valence-corrected chi connectivity index (χ1v) is 11.1. The summed E-state index contributed by atoms with van der Waals surface area (Å²) in [6.45, 7) is 3.49. The molecule has 0 saturated carbocycles. The van der Waals surface area contributed by atoms with Crippen LogP contribution in [0.5, 0.6) is 0 Å². The van der Waals surface area contributed by atoms with E-state index < -0.39 is 11.9 Å². The highest BCUT2D eigenvalue weighted by Crippen LogP contribution is 2.26. The maximum Gasteiger partial charge on any atom is 0.306 e. The predicted molar refractivity (Wildman–Crippen MR) is 130 cm³/mol. The van der Waals surface area contributed by atoms with Crippen LogP contribution >= 0.6 is 15.9 Å². The normalized spacial score (nSPS) is 10.6. The minimum atomic E-state index is -0.512. The molecule has 0 aliphatic rings. The number of nitrogens with one attached hydrogen (secondary N) is 2. The lowest BCUT2D eigenvalue weighted by atomic mass is 10.1. The molecule has 2 amide bonds. The van der Waals surface area contributed by atoms with Gasteiger partial charge in [0.25, 0.3) is 5.91 Å². The first kappa shape index (κ1) is 23.5. The van der Waals surface area contributed by atoms with E-state index in [-0.39, 0.29) is 25.4 Å². The molecular formula is C25H25BrN2O4. The molecule has 0 bridgehead atoms. The molecule has 0 fully saturated rings. The molecule has 0 spiro atoms. The van der Waals surface area contributed by atoms with Crippen LogP contribution in [0.15, 0.2) is 59.1 Å². The summed E-state index contributed by atoms with van der Waals surface area (Å²) in [6, 6.07) is 17.2. The molecule has 3 aromatic rings. The van der Waals surface area contributed by atoms with Crippen molar-refractivity contribution in [3.63, 3.8) is 0 Å². The van der Waals surface area contributed by atoms with Crippen molar-refractivity contribution in [1.82, 2.24) is 0 Å². The number of amides is 2. The fraction of sp³-hybridized carbons (Fsp3) is 0.240. The van der Waals surface area contributed by atoms with Gasteiger partial charge in [0.15, 0.2) is 6.61 Å². The molecule has 166 valence electrons. The van der Waals surface area contributed by atoms with Gasteiger partial charge in [-0.15, -0.1) is 0 Å². The van der Waals surface area contributed by atoms with Crippen LogP contribution in [-0.4, -0.2) is 24.4 Å². The van der Waals surface area contributed by atoms with Crippen LogP contribution in [0.1, 0.15) is 30.4 Å². The van der Waals surface area contributed by atoms with Crippen molar-refractivity contribution >= 4 is 55.9 Å². The van der Waals surface area contributed by atoms with E-state index in [0.717, 1.165) is 32.1 Å². The Bertz CT molecular complexity index is 1150. The third kappa shape index (κ3) is 6.17. The minimum absolute atomic E-state index is 0.0622. The largest absolute Gasteiger partial charge is 0.456 e. The Hall–Kier alpha value is -3.19. The van der Waals surface area contributed by atoms with E-state index in [1.807, 2.05) is 62.4 Å². The van der Waals surface area contributed by atoms with E-state index in [1.54, 1.807) is 6.07 Å². The van der Waals surface area contributed by atoms with E-state index in [0.29, 0.717) is 12.1 Å². The predicted octanol–water partition coefficient (Wildman–Crippen LogP) is 5.51. The number of carbonyl (C=O) groups excluding carboxylic acids is 3. The van der Waals surface area contributed by atoms with Crippen LogP contribution in [0, 0.1) is 13.8 Å². The lowest BCUT2D eigenvalue weighted by Gasteiger charge is -2.12. The second-order valence-corrected chi connectivity index (χ2v) is 8.34. The highest BCUT2D eigenvalue weighted by molar-refractivity contribution is 9.10. The van der Waals surface area contributed by atoms with Gasteiger partial charge in [0.05, 0.1) is 0 Å². The zero-order valence-electron chi connectivity index (χ0n) is 18.0. The molecule has 0 radical (unpaired) electrons. The third-order valence-electron chi connectivity index (χ3n) is 5.21. The van der Waals surface area contributed by atoms with Crippen LogP contribution in [0.25, 0.3) is 10.8 Å². The number of halogens is 1. The van der Waals surface area contributed by atoms with E-state index in [4.69, 9.17) is 4.74 Å². The lowest BCUT2D eigenvalue weighted by Crippen LogP contribution is -2.21. The number of benzene rings is 3. The number of esters is 1. The van der Waals surface area contributed by atoms with Gasteiger partial charge in [-0.2, -0.15) is 0 Å². The van der Waals surface area contributed by atoms with Crippen molar-refractivity contribution in [2.24, 2.45) is 0 Å². The average molecular weight is 497 g/mol. The van der Waals surface area contributed by atoms with Crippen molar-refractivity contribution in [3.8, 4) is 0 Å². The van der Waals surface area contributed by atoms with Gasteiger partial charge >= 0.3 is 5.97 Å². The molecule has 2 N–H and O–H groups in total. The minimum Gasteiger partial charge on any atom is -0.456 e. The Morgan fingerprint density at radius 1 is 0.812 bits per heavy atom. The van der Waals surface area contributed by atoms with Crippen LogP contribution in [0.3, 0.4) is 0 Å². The lowest BCUT2D eigenvalue weighted by molar-refractivity contribution is -0.147. The number of fused-ring (bicyclic) bond motifs is 1. The number of rotatable bonds is 8. The third-order valence-corrected chi connectivity index (χ3v) is 6.07. The van der Waals surface area contributed by atoms with Gasteiger partial charge in [0.2, 0.25) is 5.91 Å². The first-order valence-electron chi connectivity index (χ1n) is 10.3. The van der Waals surface area contributed by atoms with Gasteiger partial charge in [-0.05, 0) is 55.0 Å². The quantitative estimate of drug-likeness (QED) is 0.402. The Kier molecular flexibility index (Phi) is 8.00. The summed E-state index contributed by atoms with van der Waals surface area (Å²) in [5.74, 6) is -1.09. The first-order chi connectivity index (χ1) is 15.3. The van der Waals surface area contributed by atoms with Gasteiger partial charge in [-0.3, -0.25) is 14.4 Å². The van der Waals surface area contributed by atoms with Crippen molar-refractivity contribution in [2.45, 2.75) is 33.1 Å². The Morgan fingerprint density at radius 2 is 1.53 bits per heavy atom. The molecule has 0 atom stereocenters. The summed E-state index contributed by atoms with van der Waals surface area (Å²) < 4.78 is 6.00. The van der Waals surface area contributed by atoms with Crippen molar-refractivity contribution in [3.05, 3.63) is 70.2 Å². The summed E-state index contributed by atoms with van der Waals surface area (Å²) in [5, 5.41) is 7.65. The Morgan fingerprint density at radius 3 is 2.34 bits per heavy atom. The zero-order chi connectivity index (χ0) is 23.1. The monoisotopic (exact) mass is 496 g/mol. The number of hydrogen-bond donors (Lipinski definition) is 2. The maximum atomic E-state index is 12.3. The summed E-state index contributed by atoms with van der Waals surface area (Å²) in [5.41, 5.74) is 3.39. The van der Waals surface area contributed by atoms with Crippen LogP contribution in [0.4, 0.5) is 11.4 Å². The number of hydrogen-bond acceptors (Lipinski definition) is 4. The molecule has 0 saturated heterocycles. The van der Waals surface area contributed by atoms with Gasteiger partial charge in [0, 0.05) is 34.1 Å². The second kappa shape index (κ2) is 10.9. The molecule has 0 heterocycles. The van der Waals surface area contributed by atoms with Crippen molar-refractivity contribution in [1.29, 1.82) is 0 Å². The Labute approximate surface area is 195 Å². The number of carbonyl (C=O) groups is 3. The van der Waals surface area contributed by atoms with E-state index in [2.05, 4.69) is 26.6 Å². The average Bonchev–Trinajstić information content (AvgIpc) is 2.78. The standard InChI is InChI=1S/C25H25BrN2O4/c1-16-17(2)21(14-13-20(16)26)27-24(30)15-32-25(31)12-6-11-23(29)28-22-10-5-8-18-7-3-4-9-19(18)22/h3-5,7-10,13-14H,6,11-12,15H2,1-2H3,(H,27,30)(H,28,29). The molecule has 7 heteroatoms. The molecule has 0 aliphatic heterocycles. The molecule has 0 unspecified atom stereocenters. The highest BCUT2D eigenvalue weighted by atomic mass is 79.9. The SMILES string of the molecule is Cc1c(Br)ccc(NC(=O)COC(=O)CCCC(=O)Nc2cccc3ccccc23)c1C. The fourth-order valence-corrected chi connectivity index (χ4v) is 3.70. The topological polar surface area (TPSA) is 84.5 Å². The molecule has 6 nitrogen and oxygen atoms in total. The van der Waals surface area contributed by atoms with Crippen LogP contribution in [0.2, 0.25) is 0 Å². The molecule has 3 rings (SSSR count). The second-order valence-electron chi connectivity index (χ2n) is 7.48. The summed E-state index contributed by atoms with van der Waals surface area (Å²) in [6.07, 6.45) is 0.580. The highest BCUT2D eigenvalue weighted by Gasteiger charge is 2.12. The van der Waals surface area contributed by atoms with Crippen molar-refractivity contribution in [2.75, 3.05) is 17.2 Å². The van der Waals surface area contributed by atoms with E-state index in [1.165, 1.54) is 0 Å². The molecule has 3 aromatic carbocycles. The Balaban J connectivity index is 1.40. The summed E-state index contributed by atoms with van der Waals surface area (Å²) in [4.78, 5) is 36.3. The zero-order valence-corrected chi connectivity index (χ0v) is 19.6. The summed E-state index contributed by atoms with van der Waals surface area (Å²) in [7, 11) is 0. The molecular weight excluding hydrogens is 472 g/mol. The van der Waals surface area contributed by atoms with E-state index >= 15 is 0 Å². The van der Waals surface area contributed by atoms with Gasteiger partial charge < -0.3 is 15.4 Å². The van der Waals surface area contributed by atoms with Gasteiger partial charge in [-0.25, -0.2) is 0 Å². The van der Waals surface area contributed by atoms with Crippen molar-refractivity contribution < 1.29 is 19.1 Å². The number of ether oxygens (including phenoxy) is 1. The maximum absolute atomic E-state index is 12.3. The fourth-order valence-electron chi connectivity index (χ4n) is 3.27. The van der Waals surface area contributed by atoms with Gasteiger partial charge in [-0.1, -0.05) is 52.3 Å². The smallest absolute Gasteiger partial charge is 0.306 e. The molecule has 0 aromatic heterocycles. The van der Waals surface area contributed by atoms with Crippen LogP contribution in [-0.2, 0) is 19.1 Å². The molecule has 0 aliphatic carbocycles. The molecule has 32 heavy (non-hydrogen) atoms. The van der Waals surface area contributed by atoms with Crippen LogP contribution < -0.4 is 10.6 Å². The van der Waals surface area contributed by atoms with E-state index in [9.17, 15) is 14.4 Å². The number of anilines is 2. The summed E-state index contributed by atoms with van der Waals surface area (Å²) >= 11 is 3.45. The van der Waals surface area contributed by atoms with Gasteiger partial charge in [0.1, 0.15) is 0 Å².